The Labute approximate surface area is 238 Å². The van der Waals surface area contributed by atoms with Crippen molar-refractivity contribution in [3.63, 3.8) is 0 Å². The molecule has 1 aliphatic carbocycles. The number of benzene rings is 1. The Bertz CT molecular complexity index is 1160. The highest BCUT2D eigenvalue weighted by Crippen LogP contribution is 2.40. The van der Waals surface area contributed by atoms with Gasteiger partial charge >= 0.3 is 0 Å². The van der Waals surface area contributed by atoms with E-state index in [9.17, 15) is 14.7 Å². The summed E-state index contributed by atoms with van der Waals surface area (Å²) < 4.78 is 0. The fraction of sp³-hybridized carbons (Fsp3) is 0.656. The van der Waals surface area contributed by atoms with Crippen LogP contribution in [0.15, 0.2) is 24.3 Å². The molecular formula is C32H47N5O3. The molecule has 3 heterocycles. The molecule has 2 saturated heterocycles. The lowest BCUT2D eigenvalue weighted by atomic mass is 9.77. The minimum absolute atomic E-state index is 0.0176. The molecule has 2 aromatic rings. The molecule has 8 nitrogen and oxygen atoms in total. The van der Waals surface area contributed by atoms with Crippen LogP contribution in [0.2, 0.25) is 0 Å². The van der Waals surface area contributed by atoms with Crippen LogP contribution >= 0.6 is 0 Å². The Hall–Kier alpha value is -2.71. The molecule has 8 heteroatoms. The normalized spacial score (nSPS) is 23.8. The molecule has 3 atom stereocenters. The number of carbonyl (C=O) groups is 2. The third kappa shape index (κ3) is 5.32. The number of hydrogen-bond acceptors (Lipinski definition) is 5. The van der Waals surface area contributed by atoms with E-state index in [0.717, 1.165) is 49.9 Å². The molecule has 1 aromatic heterocycles. The number of nitrogens with zero attached hydrogens (tertiary/aromatic N) is 3. The second-order valence-electron chi connectivity index (χ2n) is 12.4. The van der Waals surface area contributed by atoms with Crippen molar-refractivity contribution >= 4 is 11.8 Å². The molecule has 3 aliphatic rings. The summed E-state index contributed by atoms with van der Waals surface area (Å²) in [6, 6.07) is 7.86. The number of piperidine rings is 1. The van der Waals surface area contributed by atoms with E-state index in [4.69, 9.17) is 0 Å². The van der Waals surface area contributed by atoms with Crippen LogP contribution in [0.3, 0.4) is 0 Å². The van der Waals surface area contributed by atoms with E-state index >= 15 is 0 Å². The fourth-order valence-corrected chi connectivity index (χ4v) is 7.38. The number of piperazine rings is 1. The number of unbranched alkanes of at least 4 members (excludes halogenated alkanes) is 1. The van der Waals surface area contributed by atoms with E-state index in [-0.39, 0.29) is 23.8 Å². The molecule has 0 radical (unpaired) electrons. The van der Waals surface area contributed by atoms with Crippen LogP contribution in [-0.4, -0.2) is 74.2 Å². The summed E-state index contributed by atoms with van der Waals surface area (Å²) in [5, 5.41) is 22.0. The standard InChI is InChI=1S/C32H47N5O3/c1-5-6-18-37-30(39)27(29(38)25-10-8-7-9-11-25)33-31(40)32(37)16-19-36(20-17-32)28(24-14-12-21(2)13-15-24)26-22(3)34-35-23(26)4/h12-15,25,27-29,38H,5-11,16-20H2,1-4H3,(H,33,40)(H,34,35)/t27-,28?,29-/m1/s1. The predicted octanol–water partition coefficient (Wildman–Crippen LogP) is 4.33. The lowest BCUT2D eigenvalue weighted by Crippen LogP contribution is -2.75. The van der Waals surface area contributed by atoms with Crippen molar-refractivity contribution in [1.82, 2.24) is 25.3 Å². The first-order valence-electron chi connectivity index (χ1n) is 15.4. The van der Waals surface area contributed by atoms with Crippen LogP contribution in [-0.2, 0) is 9.59 Å². The summed E-state index contributed by atoms with van der Waals surface area (Å²) in [5.41, 5.74) is 4.77. The molecule has 3 fully saturated rings. The minimum Gasteiger partial charge on any atom is -0.390 e. The van der Waals surface area contributed by atoms with Crippen LogP contribution < -0.4 is 5.32 Å². The van der Waals surface area contributed by atoms with Gasteiger partial charge in [0.2, 0.25) is 11.8 Å². The van der Waals surface area contributed by atoms with E-state index in [0.29, 0.717) is 32.5 Å². The first-order chi connectivity index (χ1) is 19.3. The zero-order chi connectivity index (χ0) is 28.4. The number of aromatic nitrogens is 2. The molecule has 3 N–H and O–H groups in total. The molecule has 5 rings (SSSR count). The Kier molecular flexibility index (Phi) is 8.66. The van der Waals surface area contributed by atoms with Gasteiger partial charge in [0.1, 0.15) is 11.6 Å². The smallest absolute Gasteiger partial charge is 0.248 e. The van der Waals surface area contributed by atoms with Crippen LogP contribution in [0.4, 0.5) is 0 Å². The van der Waals surface area contributed by atoms with Gasteiger partial charge in [-0.05, 0) is 64.4 Å². The minimum atomic E-state index is -0.871. The average molecular weight is 550 g/mol. The van der Waals surface area contributed by atoms with Crippen LogP contribution in [0, 0.1) is 26.7 Å². The van der Waals surface area contributed by atoms with Gasteiger partial charge in [-0.25, -0.2) is 0 Å². The summed E-state index contributed by atoms with van der Waals surface area (Å²) in [6.45, 7) is 10.2. The lowest BCUT2D eigenvalue weighted by molar-refractivity contribution is -0.166. The van der Waals surface area contributed by atoms with E-state index in [1.807, 2.05) is 11.8 Å². The van der Waals surface area contributed by atoms with E-state index < -0.39 is 17.7 Å². The predicted molar refractivity (Wildman–Crippen MR) is 156 cm³/mol. The summed E-state index contributed by atoms with van der Waals surface area (Å²) in [6.07, 6.45) is 7.27. The number of aromatic amines is 1. The van der Waals surface area contributed by atoms with Gasteiger partial charge < -0.3 is 15.3 Å². The van der Waals surface area contributed by atoms with Crippen molar-refractivity contribution < 1.29 is 14.7 Å². The van der Waals surface area contributed by atoms with Crippen molar-refractivity contribution in [3.8, 4) is 0 Å². The quantitative estimate of drug-likeness (QED) is 0.455. The Morgan fingerprint density at radius 2 is 1.73 bits per heavy atom. The van der Waals surface area contributed by atoms with Gasteiger partial charge in [0, 0.05) is 30.9 Å². The molecule has 1 spiro atoms. The Morgan fingerprint density at radius 1 is 1.05 bits per heavy atom. The van der Waals surface area contributed by atoms with Crippen molar-refractivity contribution in [3.05, 3.63) is 52.3 Å². The first-order valence-corrected chi connectivity index (χ1v) is 15.4. The van der Waals surface area contributed by atoms with Crippen molar-refractivity contribution in [2.45, 2.75) is 109 Å². The number of amides is 2. The Morgan fingerprint density at radius 3 is 2.33 bits per heavy atom. The van der Waals surface area contributed by atoms with Crippen LogP contribution in [0.5, 0.6) is 0 Å². The highest BCUT2D eigenvalue weighted by Gasteiger charge is 2.55. The summed E-state index contributed by atoms with van der Waals surface area (Å²) >= 11 is 0. The largest absolute Gasteiger partial charge is 0.390 e. The van der Waals surface area contributed by atoms with Crippen molar-refractivity contribution in [2.75, 3.05) is 19.6 Å². The summed E-state index contributed by atoms with van der Waals surface area (Å²) in [7, 11) is 0. The third-order valence-corrected chi connectivity index (χ3v) is 9.81. The zero-order valence-electron chi connectivity index (χ0n) is 24.7. The summed E-state index contributed by atoms with van der Waals surface area (Å²) in [5.74, 6) is -0.120. The molecular weight excluding hydrogens is 502 g/mol. The molecule has 2 amide bonds. The maximum absolute atomic E-state index is 14.0. The maximum atomic E-state index is 14.0. The highest BCUT2D eigenvalue weighted by molar-refractivity contribution is 6.00. The van der Waals surface area contributed by atoms with Crippen LogP contribution in [0.25, 0.3) is 0 Å². The fourth-order valence-electron chi connectivity index (χ4n) is 7.38. The average Bonchev–Trinajstić information content (AvgIpc) is 3.30. The monoisotopic (exact) mass is 549 g/mol. The second-order valence-corrected chi connectivity index (χ2v) is 12.4. The van der Waals surface area contributed by atoms with E-state index in [1.54, 1.807) is 0 Å². The molecule has 40 heavy (non-hydrogen) atoms. The topological polar surface area (TPSA) is 102 Å². The third-order valence-electron chi connectivity index (χ3n) is 9.81. The number of H-pyrrole nitrogens is 1. The number of hydrogen-bond donors (Lipinski definition) is 3. The van der Waals surface area contributed by atoms with Gasteiger partial charge in [0.05, 0.1) is 17.8 Å². The number of carbonyl (C=O) groups excluding carboxylic acids is 2. The van der Waals surface area contributed by atoms with Crippen molar-refractivity contribution in [1.29, 1.82) is 0 Å². The number of aliphatic hydroxyl groups is 1. The maximum Gasteiger partial charge on any atom is 0.248 e. The lowest BCUT2D eigenvalue weighted by Gasteiger charge is -2.53. The van der Waals surface area contributed by atoms with Gasteiger partial charge in [0.25, 0.3) is 0 Å². The molecule has 2 aliphatic heterocycles. The first kappa shape index (κ1) is 28.8. The number of nitrogens with one attached hydrogen (secondary N) is 2. The number of likely N-dealkylation sites (tertiary alicyclic amines) is 1. The van der Waals surface area contributed by atoms with Gasteiger partial charge in [0.15, 0.2) is 0 Å². The van der Waals surface area contributed by atoms with Crippen LogP contribution in [0.1, 0.15) is 98.8 Å². The molecule has 1 aromatic carbocycles. The highest BCUT2D eigenvalue weighted by atomic mass is 16.3. The van der Waals surface area contributed by atoms with E-state index in [1.165, 1.54) is 23.1 Å². The SMILES string of the molecule is CCCCN1C(=O)[C@@H]([C@H](O)C2CCCCC2)NC(=O)C12CCN(C(c1ccc(C)cc1)c1c(C)n[nH]c1C)CC2. The van der Waals surface area contributed by atoms with E-state index in [2.05, 4.69) is 65.5 Å². The zero-order valence-corrected chi connectivity index (χ0v) is 24.7. The van der Waals surface area contributed by atoms with Gasteiger partial charge in [-0.2, -0.15) is 5.10 Å². The number of aryl methyl sites for hydroxylation is 3. The molecule has 1 unspecified atom stereocenters. The van der Waals surface area contributed by atoms with Crippen molar-refractivity contribution in [2.24, 2.45) is 5.92 Å². The van der Waals surface area contributed by atoms with Gasteiger partial charge in [-0.3, -0.25) is 19.6 Å². The number of rotatable bonds is 8. The Balaban J connectivity index is 1.40. The molecule has 218 valence electrons. The van der Waals surface area contributed by atoms with Gasteiger partial charge in [-0.1, -0.05) is 62.4 Å². The van der Waals surface area contributed by atoms with Gasteiger partial charge in [-0.15, -0.1) is 0 Å². The second kappa shape index (κ2) is 12.0. The molecule has 0 bridgehead atoms. The molecule has 1 saturated carbocycles. The summed E-state index contributed by atoms with van der Waals surface area (Å²) in [4.78, 5) is 32.3. The number of aliphatic hydroxyl groups excluding tert-OH is 1.